The van der Waals surface area contributed by atoms with Crippen LogP contribution >= 0.6 is 23.2 Å². The third-order valence-corrected chi connectivity index (χ3v) is 3.53. The lowest BCUT2D eigenvalue weighted by Crippen LogP contribution is -2.45. The van der Waals surface area contributed by atoms with Gasteiger partial charge in [-0.3, -0.25) is 4.90 Å². The fourth-order valence-corrected chi connectivity index (χ4v) is 2.32. The van der Waals surface area contributed by atoms with Crippen molar-refractivity contribution in [3.63, 3.8) is 0 Å². The Morgan fingerprint density at radius 3 is 2.40 bits per heavy atom. The third-order valence-electron chi connectivity index (χ3n) is 2.92. The molecule has 2 saturated heterocycles. The van der Waals surface area contributed by atoms with Crippen LogP contribution in [0.4, 0.5) is 0 Å². The zero-order valence-corrected chi connectivity index (χ0v) is 10.1. The van der Waals surface area contributed by atoms with Gasteiger partial charge in [-0.15, -0.1) is 0 Å². The number of hydrogen-bond donors (Lipinski definition) is 0. The van der Waals surface area contributed by atoms with Gasteiger partial charge in [0.15, 0.2) is 5.79 Å². The maximum atomic E-state index is 5.87. The van der Waals surface area contributed by atoms with Gasteiger partial charge in [0.2, 0.25) is 0 Å². The molecule has 0 atom stereocenters. The minimum Gasteiger partial charge on any atom is -0.347 e. The van der Waals surface area contributed by atoms with E-state index in [0.29, 0.717) is 5.03 Å². The van der Waals surface area contributed by atoms with Gasteiger partial charge in [-0.2, -0.15) is 0 Å². The predicted molar refractivity (Wildman–Crippen MR) is 60.1 cm³/mol. The first-order valence-electron chi connectivity index (χ1n) is 5.19. The summed E-state index contributed by atoms with van der Waals surface area (Å²) in [5.41, 5.74) is 1.43. The first-order chi connectivity index (χ1) is 7.24. The van der Waals surface area contributed by atoms with Gasteiger partial charge in [-0.25, -0.2) is 0 Å². The summed E-state index contributed by atoms with van der Waals surface area (Å²) in [5.74, 6) is -0.298. The van der Waals surface area contributed by atoms with E-state index in [-0.39, 0.29) is 5.79 Å². The van der Waals surface area contributed by atoms with Crippen LogP contribution in [-0.2, 0) is 9.47 Å². The van der Waals surface area contributed by atoms with E-state index in [1.165, 1.54) is 5.54 Å². The van der Waals surface area contributed by atoms with E-state index in [2.05, 4.69) is 4.90 Å². The highest BCUT2D eigenvalue weighted by molar-refractivity contribution is 6.36. The Morgan fingerprint density at radius 1 is 1.27 bits per heavy atom. The fourth-order valence-electron chi connectivity index (χ4n) is 2.09. The number of halogens is 2. The molecule has 0 radical (unpaired) electrons. The predicted octanol–water partition coefficient (Wildman–Crippen LogP) is 2.14. The molecule has 5 heteroatoms. The highest BCUT2D eigenvalue weighted by atomic mass is 35.5. The fraction of sp³-hybridized carbons (Fsp3) is 0.800. The first-order valence-corrected chi connectivity index (χ1v) is 6.01. The van der Waals surface area contributed by atoms with E-state index < -0.39 is 0 Å². The summed E-state index contributed by atoms with van der Waals surface area (Å²) >= 11 is 11.4. The molecular weight excluding hydrogens is 237 g/mol. The van der Waals surface area contributed by atoms with Gasteiger partial charge in [0.05, 0.1) is 13.2 Å². The summed E-state index contributed by atoms with van der Waals surface area (Å²) in [6, 6.07) is 0. The second kappa shape index (κ2) is 5.02. The van der Waals surface area contributed by atoms with Crippen LogP contribution in [-0.4, -0.2) is 43.5 Å². The molecule has 0 aromatic carbocycles. The lowest BCUT2D eigenvalue weighted by molar-refractivity contribution is -0.184. The van der Waals surface area contributed by atoms with Crippen LogP contribution in [0.15, 0.2) is 10.6 Å². The van der Waals surface area contributed by atoms with Crippen molar-refractivity contribution in [2.24, 2.45) is 0 Å². The molecule has 2 heterocycles. The molecule has 1 spiro atoms. The number of rotatable bonds is 2. The Kier molecular flexibility index (Phi) is 3.91. The maximum Gasteiger partial charge on any atom is 0.170 e. The van der Waals surface area contributed by atoms with Crippen molar-refractivity contribution in [2.75, 3.05) is 32.8 Å². The molecule has 0 unspecified atom stereocenters. The number of likely N-dealkylation sites (tertiary alicyclic amines) is 1. The van der Waals surface area contributed by atoms with E-state index in [1.807, 2.05) is 0 Å². The topological polar surface area (TPSA) is 21.7 Å². The van der Waals surface area contributed by atoms with E-state index in [0.717, 1.165) is 45.7 Å². The summed E-state index contributed by atoms with van der Waals surface area (Å²) in [6.07, 6.45) is 1.83. The van der Waals surface area contributed by atoms with Crippen molar-refractivity contribution in [3.05, 3.63) is 10.6 Å². The monoisotopic (exact) mass is 251 g/mol. The van der Waals surface area contributed by atoms with Crippen LogP contribution in [0.2, 0.25) is 0 Å². The maximum absolute atomic E-state index is 5.87. The average Bonchev–Trinajstić information content (AvgIpc) is 2.70. The van der Waals surface area contributed by atoms with Gasteiger partial charge in [-0.1, -0.05) is 23.2 Å². The second-order valence-electron chi connectivity index (χ2n) is 3.94. The minimum atomic E-state index is -0.298. The zero-order chi connectivity index (χ0) is 10.7. The average molecular weight is 252 g/mol. The van der Waals surface area contributed by atoms with E-state index >= 15 is 0 Å². The van der Waals surface area contributed by atoms with E-state index in [1.54, 1.807) is 0 Å². The highest BCUT2D eigenvalue weighted by Gasteiger charge is 2.39. The molecule has 0 aromatic rings. The molecule has 86 valence electrons. The van der Waals surface area contributed by atoms with Gasteiger partial charge in [0.1, 0.15) is 0 Å². The molecule has 0 N–H and O–H groups in total. The van der Waals surface area contributed by atoms with Crippen molar-refractivity contribution in [1.82, 2.24) is 4.90 Å². The van der Waals surface area contributed by atoms with Crippen LogP contribution in [0.25, 0.3) is 0 Å². The molecule has 2 rings (SSSR count). The summed E-state index contributed by atoms with van der Waals surface area (Å²) in [7, 11) is 0. The van der Waals surface area contributed by atoms with Gasteiger partial charge in [0, 0.05) is 43.0 Å². The first kappa shape index (κ1) is 11.7. The summed E-state index contributed by atoms with van der Waals surface area (Å²) in [6.45, 7) is 4.06. The smallest absolute Gasteiger partial charge is 0.170 e. The molecule has 15 heavy (non-hydrogen) atoms. The molecule has 2 aliphatic rings. The second-order valence-corrected chi connectivity index (χ2v) is 4.64. The van der Waals surface area contributed by atoms with Crippen molar-refractivity contribution >= 4 is 23.2 Å². The molecule has 3 nitrogen and oxygen atoms in total. The Hall–Kier alpha value is 0.200. The Labute approximate surface area is 99.9 Å². The van der Waals surface area contributed by atoms with Crippen molar-refractivity contribution in [2.45, 2.75) is 18.6 Å². The van der Waals surface area contributed by atoms with Gasteiger partial charge in [-0.05, 0) is 0 Å². The summed E-state index contributed by atoms with van der Waals surface area (Å²) in [5, 5.41) is 0.681. The van der Waals surface area contributed by atoms with Gasteiger partial charge in [0.25, 0.3) is 0 Å². The van der Waals surface area contributed by atoms with E-state index in [9.17, 15) is 0 Å². The number of piperidine rings is 1. The molecule has 0 aliphatic carbocycles. The lowest BCUT2D eigenvalue weighted by atomic mass is 10.0. The normalized spacial score (nSPS) is 27.5. The summed E-state index contributed by atoms with van der Waals surface area (Å²) < 4.78 is 11.3. The molecule has 2 fully saturated rings. The van der Waals surface area contributed by atoms with Gasteiger partial charge < -0.3 is 9.47 Å². The number of hydrogen-bond acceptors (Lipinski definition) is 3. The largest absolute Gasteiger partial charge is 0.347 e. The van der Waals surface area contributed by atoms with Crippen LogP contribution < -0.4 is 0 Å². The lowest BCUT2D eigenvalue weighted by Gasteiger charge is -2.37. The summed E-state index contributed by atoms with van der Waals surface area (Å²) in [4.78, 5) is 2.26. The zero-order valence-electron chi connectivity index (χ0n) is 8.55. The van der Waals surface area contributed by atoms with Crippen molar-refractivity contribution < 1.29 is 9.47 Å². The van der Waals surface area contributed by atoms with Crippen LogP contribution in [0, 0.1) is 0 Å². The molecule has 0 saturated carbocycles. The minimum absolute atomic E-state index is 0.298. The van der Waals surface area contributed by atoms with Crippen LogP contribution in [0.5, 0.6) is 0 Å². The van der Waals surface area contributed by atoms with Crippen LogP contribution in [0.3, 0.4) is 0 Å². The standard InChI is InChI=1S/C10H15Cl2NO2/c11-7-9(12)8-13-3-1-10(2-4-13)14-5-6-15-10/h7H,1-6,8H2/b9-7+. The number of nitrogens with zero attached hydrogens (tertiary/aromatic N) is 1. The molecule has 0 amide bonds. The van der Waals surface area contributed by atoms with E-state index in [4.69, 9.17) is 32.7 Å². The third kappa shape index (κ3) is 2.86. The Morgan fingerprint density at radius 2 is 1.87 bits per heavy atom. The van der Waals surface area contributed by atoms with Gasteiger partial charge >= 0.3 is 0 Å². The van der Waals surface area contributed by atoms with Crippen molar-refractivity contribution in [3.8, 4) is 0 Å². The number of ether oxygens (including phenoxy) is 2. The highest BCUT2D eigenvalue weighted by Crippen LogP contribution is 2.31. The van der Waals surface area contributed by atoms with Crippen LogP contribution in [0.1, 0.15) is 12.8 Å². The molecule has 2 aliphatic heterocycles. The SMILES string of the molecule is Cl/C=C(/Cl)CN1CCC2(CC1)OCCO2. The molecule has 0 aromatic heterocycles. The molecule has 0 bridgehead atoms. The Bertz CT molecular complexity index is 242. The Balaban J connectivity index is 1.81. The molecular formula is C10H15Cl2NO2. The quantitative estimate of drug-likeness (QED) is 0.751. The van der Waals surface area contributed by atoms with Crippen molar-refractivity contribution in [1.29, 1.82) is 0 Å².